The number of nitrogens with two attached hydrogens (primary N) is 1. The number of aromatic nitrogens is 1. The highest BCUT2D eigenvalue weighted by atomic mass is 32.1. The van der Waals surface area contributed by atoms with Crippen LogP contribution in [0.25, 0.3) is 0 Å². The smallest absolute Gasteiger partial charge is 0.226 e. The molecular weight excluding hydrogens is 286 g/mol. The number of hydrogen-bond acceptors (Lipinski definition) is 5. The van der Waals surface area contributed by atoms with Crippen molar-refractivity contribution in [2.45, 2.75) is 12.3 Å². The predicted octanol–water partition coefficient (Wildman–Crippen LogP) is 2.21. The topological polar surface area (TPSA) is 77.2 Å². The minimum absolute atomic E-state index is 0.0575. The van der Waals surface area contributed by atoms with Gasteiger partial charge in [-0.1, -0.05) is 29.4 Å². The molecule has 0 bridgehead atoms. The third kappa shape index (κ3) is 2.69. The van der Waals surface area contributed by atoms with Gasteiger partial charge in [-0.3, -0.25) is 4.79 Å². The second-order valence-electron chi connectivity index (χ2n) is 4.64. The quantitative estimate of drug-likeness (QED) is 0.852. The van der Waals surface area contributed by atoms with Gasteiger partial charge in [-0.25, -0.2) is 4.98 Å². The number of carbonyl (C=O) groups is 1. The van der Waals surface area contributed by atoms with Gasteiger partial charge in [0.2, 0.25) is 5.91 Å². The lowest BCUT2D eigenvalue weighted by Gasteiger charge is -2.22. The van der Waals surface area contributed by atoms with Crippen molar-refractivity contribution in [2.75, 3.05) is 17.7 Å². The van der Waals surface area contributed by atoms with Gasteiger partial charge in [0, 0.05) is 12.3 Å². The summed E-state index contributed by atoms with van der Waals surface area (Å²) >= 11 is 1.40. The molecule has 2 heterocycles. The van der Waals surface area contributed by atoms with Gasteiger partial charge in [0.1, 0.15) is 18.2 Å². The zero-order chi connectivity index (χ0) is 14.8. The SMILES string of the molecule is C#CCOc1cccc([C@H]2CC(=O)Nc3nc(N)sc32)c1. The number of carbonyl (C=O) groups excluding carboxylic acids is 1. The number of terminal acetylenes is 1. The Labute approximate surface area is 126 Å². The van der Waals surface area contributed by atoms with E-state index in [0.29, 0.717) is 23.1 Å². The molecule has 0 fully saturated rings. The monoisotopic (exact) mass is 299 g/mol. The van der Waals surface area contributed by atoms with E-state index in [9.17, 15) is 4.79 Å². The predicted molar refractivity (Wildman–Crippen MR) is 82.4 cm³/mol. The van der Waals surface area contributed by atoms with Crippen LogP contribution in [0.15, 0.2) is 24.3 Å². The molecular formula is C15H13N3O2S. The van der Waals surface area contributed by atoms with E-state index in [1.165, 1.54) is 11.3 Å². The lowest BCUT2D eigenvalue weighted by Crippen LogP contribution is -2.22. The van der Waals surface area contributed by atoms with Gasteiger partial charge in [0.05, 0.1) is 4.88 Å². The van der Waals surface area contributed by atoms with Gasteiger partial charge >= 0.3 is 0 Å². The highest BCUT2D eigenvalue weighted by molar-refractivity contribution is 7.16. The molecule has 6 heteroatoms. The number of rotatable bonds is 3. The van der Waals surface area contributed by atoms with Crippen molar-refractivity contribution in [3.63, 3.8) is 0 Å². The molecule has 2 aromatic rings. The molecule has 0 radical (unpaired) electrons. The summed E-state index contributed by atoms with van der Waals surface area (Å²) in [5.74, 6) is 3.56. The van der Waals surface area contributed by atoms with Gasteiger partial charge in [0.15, 0.2) is 5.13 Å². The zero-order valence-corrected chi connectivity index (χ0v) is 11.9. The van der Waals surface area contributed by atoms with Crippen molar-refractivity contribution in [1.29, 1.82) is 0 Å². The Bertz CT molecular complexity index is 733. The number of nitrogens with one attached hydrogen (secondary N) is 1. The summed E-state index contributed by atoms with van der Waals surface area (Å²) in [6, 6.07) is 7.59. The number of thiazole rings is 1. The molecule has 0 unspecified atom stereocenters. The third-order valence-corrected chi connectivity index (χ3v) is 4.21. The minimum atomic E-state index is -0.0623. The Morgan fingerprint density at radius 3 is 3.24 bits per heavy atom. The van der Waals surface area contributed by atoms with Crippen LogP contribution in [0.3, 0.4) is 0 Å². The highest BCUT2D eigenvalue weighted by Crippen LogP contribution is 2.41. The highest BCUT2D eigenvalue weighted by Gasteiger charge is 2.30. The number of benzene rings is 1. The minimum Gasteiger partial charge on any atom is -0.481 e. The molecule has 0 saturated carbocycles. The molecule has 1 aromatic carbocycles. The molecule has 1 aliphatic heterocycles. The van der Waals surface area contributed by atoms with E-state index in [-0.39, 0.29) is 18.4 Å². The van der Waals surface area contributed by atoms with E-state index >= 15 is 0 Å². The summed E-state index contributed by atoms with van der Waals surface area (Å²) in [4.78, 5) is 17.0. The lowest BCUT2D eigenvalue weighted by atomic mass is 9.91. The van der Waals surface area contributed by atoms with Crippen LogP contribution in [0.5, 0.6) is 5.75 Å². The lowest BCUT2D eigenvalue weighted by molar-refractivity contribution is -0.116. The van der Waals surface area contributed by atoms with Gasteiger partial charge in [0.25, 0.3) is 0 Å². The van der Waals surface area contributed by atoms with Crippen molar-refractivity contribution in [1.82, 2.24) is 4.98 Å². The van der Waals surface area contributed by atoms with Crippen LogP contribution in [0.4, 0.5) is 10.9 Å². The van der Waals surface area contributed by atoms with E-state index in [1.807, 2.05) is 24.3 Å². The number of hydrogen-bond donors (Lipinski definition) is 2. The first kappa shape index (κ1) is 13.5. The molecule has 1 amide bonds. The number of fused-ring (bicyclic) bond motifs is 1. The van der Waals surface area contributed by atoms with E-state index < -0.39 is 0 Å². The van der Waals surface area contributed by atoms with Gasteiger partial charge in [-0.05, 0) is 17.7 Å². The van der Waals surface area contributed by atoms with Gasteiger partial charge in [-0.2, -0.15) is 0 Å². The van der Waals surface area contributed by atoms with Crippen LogP contribution in [0.1, 0.15) is 22.8 Å². The fourth-order valence-electron chi connectivity index (χ4n) is 2.35. The molecule has 21 heavy (non-hydrogen) atoms. The summed E-state index contributed by atoms with van der Waals surface area (Å²) in [6.45, 7) is 0.216. The van der Waals surface area contributed by atoms with Crippen LogP contribution in [0, 0.1) is 12.3 Å². The molecule has 1 aromatic heterocycles. The standard InChI is InChI=1S/C15H13N3O2S/c1-2-6-20-10-5-3-4-9(7-10)11-8-12(19)17-14-13(11)21-15(16)18-14/h1,3-5,7,11H,6,8H2,(H2,16,18)(H,17,19)/t11-/m1/s1. The van der Waals surface area contributed by atoms with E-state index in [2.05, 4.69) is 16.2 Å². The molecule has 3 N–H and O–H groups in total. The number of anilines is 2. The first-order chi connectivity index (χ1) is 10.2. The largest absolute Gasteiger partial charge is 0.481 e. The first-order valence-electron chi connectivity index (χ1n) is 6.39. The normalized spacial score (nSPS) is 16.7. The molecule has 3 rings (SSSR count). The maximum absolute atomic E-state index is 11.8. The molecule has 5 nitrogen and oxygen atoms in total. The number of nitrogens with zero attached hydrogens (tertiary/aromatic N) is 1. The summed E-state index contributed by atoms with van der Waals surface area (Å²) in [7, 11) is 0. The summed E-state index contributed by atoms with van der Waals surface area (Å²) < 4.78 is 5.43. The second-order valence-corrected chi connectivity index (χ2v) is 5.70. The fraction of sp³-hybridized carbons (Fsp3) is 0.200. The van der Waals surface area contributed by atoms with Crippen LogP contribution in [0.2, 0.25) is 0 Å². The van der Waals surface area contributed by atoms with Crippen molar-refractivity contribution in [3.05, 3.63) is 34.7 Å². The number of ether oxygens (including phenoxy) is 1. The van der Waals surface area contributed by atoms with Crippen molar-refractivity contribution >= 4 is 28.2 Å². The van der Waals surface area contributed by atoms with E-state index in [0.717, 1.165) is 10.4 Å². The second kappa shape index (κ2) is 5.46. The van der Waals surface area contributed by atoms with Crippen molar-refractivity contribution < 1.29 is 9.53 Å². The van der Waals surface area contributed by atoms with Gasteiger partial charge in [-0.15, -0.1) is 6.42 Å². The zero-order valence-electron chi connectivity index (χ0n) is 11.1. The maximum atomic E-state index is 11.8. The first-order valence-corrected chi connectivity index (χ1v) is 7.21. The molecule has 1 atom stereocenters. The maximum Gasteiger partial charge on any atom is 0.226 e. The van der Waals surface area contributed by atoms with Crippen LogP contribution in [-0.2, 0) is 4.79 Å². The summed E-state index contributed by atoms with van der Waals surface area (Å²) in [5.41, 5.74) is 6.74. The van der Waals surface area contributed by atoms with E-state index in [1.54, 1.807) is 0 Å². The summed E-state index contributed by atoms with van der Waals surface area (Å²) in [6.07, 6.45) is 5.56. The van der Waals surface area contributed by atoms with Crippen molar-refractivity contribution in [3.8, 4) is 18.1 Å². The molecule has 1 aliphatic rings. The van der Waals surface area contributed by atoms with E-state index in [4.69, 9.17) is 16.9 Å². The van der Waals surface area contributed by atoms with Crippen LogP contribution < -0.4 is 15.8 Å². The molecule has 0 saturated heterocycles. The van der Waals surface area contributed by atoms with Crippen molar-refractivity contribution in [2.24, 2.45) is 0 Å². The average molecular weight is 299 g/mol. The van der Waals surface area contributed by atoms with Crippen LogP contribution >= 0.6 is 11.3 Å². The Morgan fingerprint density at radius 2 is 2.43 bits per heavy atom. The Kier molecular flexibility index (Phi) is 3.50. The Balaban J connectivity index is 1.96. The summed E-state index contributed by atoms with van der Waals surface area (Å²) in [5, 5.41) is 3.20. The molecule has 0 aliphatic carbocycles. The number of nitrogen functional groups attached to an aromatic ring is 1. The third-order valence-electron chi connectivity index (χ3n) is 3.22. The Hall–Kier alpha value is -2.52. The van der Waals surface area contributed by atoms with Crippen LogP contribution in [-0.4, -0.2) is 17.5 Å². The van der Waals surface area contributed by atoms with Gasteiger partial charge < -0.3 is 15.8 Å². The molecule has 0 spiro atoms. The average Bonchev–Trinajstić information content (AvgIpc) is 2.84. The number of amides is 1. The fourth-order valence-corrected chi connectivity index (χ4v) is 3.27. The Morgan fingerprint density at radius 1 is 1.57 bits per heavy atom. The molecule has 106 valence electrons.